The monoisotopic (exact) mass is 386 g/mol. The number of fused-ring (bicyclic) bond motifs is 3. The van der Waals surface area contributed by atoms with Crippen molar-refractivity contribution >= 4 is 27.5 Å². The number of nitrogens with zero attached hydrogens (tertiary/aromatic N) is 1. The number of carbonyl (C=O) groups excluding carboxylic acids is 1. The van der Waals surface area contributed by atoms with Crippen LogP contribution in [-0.4, -0.2) is 15.9 Å². The zero-order valence-corrected chi connectivity index (χ0v) is 15.9. The number of benzene rings is 1. The van der Waals surface area contributed by atoms with E-state index in [1.165, 1.54) is 34.4 Å². The van der Waals surface area contributed by atoms with Gasteiger partial charge >= 0.3 is 5.97 Å². The number of thiophene rings is 1. The molecule has 5 nitrogen and oxygen atoms in total. The Bertz CT molecular complexity index is 1090. The van der Waals surface area contributed by atoms with Gasteiger partial charge in [0.05, 0.1) is 10.9 Å². The van der Waals surface area contributed by atoms with Crippen molar-refractivity contribution in [3.8, 4) is 0 Å². The van der Waals surface area contributed by atoms with E-state index in [2.05, 4.69) is 16.9 Å². The summed E-state index contributed by atoms with van der Waals surface area (Å²) in [5, 5.41) is 0.651. The minimum atomic E-state index is -0.799. The zero-order chi connectivity index (χ0) is 19.1. The maximum absolute atomic E-state index is 13.8. The highest BCUT2D eigenvalue weighted by atomic mass is 32.1. The number of ether oxygens (including phenoxy) is 1. The van der Waals surface area contributed by atoms with Crippen molar-refractivity contribution in [1.29, 1.82) is 0 Å². The predicted octanol–water partition coefficient (Wildman–Crippen LogP) is 4.17. The fourth-order valence-corrected chi connectivity index (χ4v) is 4.86. The van der Waals surface area contributed by atoms with E-state index in [0.29, 0.717) is 16.1 Å². The second kappa shape index (κ2) is 6.88. The highest BCUT2D eigenvalue weighted by Gasteiger charge is 2.25. The lowest BCUT2D eigenvalue weighted by Gasteiger charge is -2.17. The van der Waals surface area contributed by atoms with Gasteiger partial charge in [-0.3, -0.25) is 4.79 Å². The quantitative estimate of drug-likeness (QED) is 0.686. The number of rotatable bonds is 3. The first-order chi connectivity index (χ1) is 12.9. The summed E-state index contributed by atoms with van der Waals surface area (Å²) < 4.78 is 19.1. The van der Waals surface area contributed by atoms with Crippen LogP contribution in [0.2, 0.25) is 0 Å². The molecule has 1 aromatic carbocycles. The number of nitrogens with one attached hydrogen (secondary N) is 1. The molecule has 0 amide bonds. The van der Waals surface area contributed by atoms with Crippen LogP contribution < -0.4 is 5.56 Å². The van der Waals surface area contributed by atoms with Gasteiger partial charge in [-0.1, -0.05) is 19.1 Å². The van der Waals surface area contributed by atoms with Crippen molar-refractivity contribution in [2.75, 3.05) is 0 Å². The minimum Gasteiger partial charge on any atom is -0.451 e. The summed E-state index contributed by atoms with van der Waals surface area (Å²) in [6.45, 7) is 3.82. The van der Waals surface area contributed by atoms with Gasteiger partial charge in [-0.2, -0.15) is 0 Å². The number of H-pyrrole nitrogens is 1. The predicted molar refractivity (Wildman–Crippen MR) is 102 cm³/mol. The van der Waals surface area contributed by atoms with E-state index in [1.54, 1.807) is 13.0 Å². The molecule has 0 radical (unpaired) electrons. The summed E-state index contributed by atoms with van der Waals surface area (Å²) in [5.74, 6) is -0.567. The number of hydrogen-bond acceptors (Lipinski definition) is 5. The molecular formula is C20H19FN2O3S. The highest BCUT2D eigenvalue weighted by molar-refractivity contribution is 7.18. The Balaban J connectivity index is 1.65. The minimum absolute atomic E-state index is 0.145. The van der Waals surface area contributed by atoms with E-state index in [9.17, 15) is 14.0 Å². The van der Waals surface area contributed by atoms with Crippen LogP contribution in [0.5, 0.6) is 0 Å². The van der Waals surface area contributed by atoms with Crippen LogP contribution in [0.4, 0.5) is 4.39 Å². The van der Waals surface area contributed by atoms with Gasteiger partial charge in [-0.05, 0) is 49.8 Å². The number of aromatic amines is 1. The molecule has 2 atom stereocenters. The Morgan fingerprint density at radius 3 is 2.96 bits per heavy atom. The van der Waals surface area contributed by atoms with Gasteiger partial charge in [0.1, 0.15) is 10.6 Å². The van der Waals surface area contributed by atoms with Crippen molar-refractivity contribution < 1.29 is 13.9 Å². The van der Waals surface area contributed by atoms with E-state index in [1.807, 2.05) is 0 Å². The molecule has 4 rings (SSSR count). The molecule has 2 aromatic heterocycles. The molecule has 7 heteroatoms. The summed E-state index contributed by atoms with van der Waals surface area (Å²) in [6, 6.07) is 5.62. The zero-order valence-electron chi connectivity index (χ0n) is 15.0. The standard InChI is InChI=1S/C20H19FN2O3S/c1-10-7-8-13-15(9-10)27-19-16(13)18(24)22-17(23-19)11(2)26-20(25)12-5-3-4-6-14(12)21/h3-6,10-11H,7-9H2,1-2H3,(H,22,23,24)/t10-,11+/m0/s1. The largest absolute Gasteiger partial charge is 0.451 e. The molecule has 0 unspecified atom stereocenters. The molecule has 0 aliphatic heterocycles. The smallest absolute Gasteiger partial charge is 0.341 e. The Morgan fingerprint density at radius 1 is 1.41 bits per heavy atom. The van der Waals surface area contributed by atoms with E-state index in [4.69, 9.17) is 4.74 Å². The van der Waals surface area contributed by atoms with Gasteiger partial charge in [0.2, 0.25) is 0 Å². The van der Waals surface area contributed by atoms with Crippen LogP contribution >= 0.6 is 11.3 Å². The Hall–Kier alpha value is -2.54. The Morgan fingerprint density at radius 2 is 2.19 bits per heavy atom. The molecule has 27 heavy (non-hydrogen) atoms. The van der Waals surface area contributed by atoms with Crippen LogP contribution in [0.1, 0.15) is 53.0 Å². The van der Waals surface area contributed by atoms with Crippen molar-refractivity contribution in [3.05, 3.63) is 62.3 Å². The maximum atomic E-state index is 13.8. The first-order valence-corrected chi connectivity index (χ1v) is 9.75. The molecule has 0 bridgehead atoms. The number of aryl methyl sites for hydroxylation is 1. The summed E-state index contributed by atoms with van der Waals surface area (Å²) in [7, 11) is 0. The normalized spacial score (nSPS) is 17.5. The molecule has 0 saturated heterocycles. The molecule has 2 heterocycles. The van der Waals surface area contributed by atoms with Crippen LogP contribution in [0.3, 0.4) is 0 Å². The summed E-state index contributed by atoms with van der Waals surface area (Å²) in [4.78, 5) is 34.0. The summed E-state index contributed by atoms with van der Waals surface area (Å²) >= 11 is 1.54. The number of carbonyl (C=O) groups is 1. The summed E-state index contributed by atoms with van der Waals surface area (Å²) in [6.07, 6.45) is 2.12. The van der Waals surface area contributed by atoms with Crippen molar-refractivity contribution in [1.82, 2.24) is 9.97 Å². The first kappa shape index (κ1) is 17.9. The van der Waals surface area contributed by atoms with Gasteiger partial charge in [-0.15, -0.1) is 11.3 Å². The van der Waals surface area contributed by atoms with Gasteiger partial charge in [0, 0.05) is 4.88 Å². The Kier molecular flexibility index (Phi) is 4.55. The Labute approximate surface area is 159 Å². The third kappa shape index (κ3) is 3.27. The molecule has 1 aliphatic carbocycles. The molecule has 0 spiro atoms. The topological polar surface area (TPSA) is 72.0 Å². The molecule has 1 N–H and O–H groups in total. The first-order valence-electron chi connectivity index (χ1n) is 8.94. The van der Waals surface area contributed by atoms with E-state index in [0.717, 1.165) is 24.8 Å². The number of hydrogen-bond donors (Lipinski definition) is 1. The second-order valence-corrected chi connectivity index (χ2v) is 8.09. The van der Waals surface area contributed by atoms with Crippen LogP contribution in [0.15, 0.2) is 29.1 Å². The van der Waals surface area contributed by atoms with Gasteiger partial charge in [0.25, 0.3) is 5.56 Å². The van der Waals surface area contributed by atoms with Crippen molar-refractivity contribution in [3.63, 3.8) is 0 Å². The van der Waals surface area contributed by atoms with Gasteiger partial charge in [0.15, 0.2) is 11.9 Å². The summed E-state index contributed by atoms with van der Waals surface area (Å²) in [5.41, 5.74) is 0.744. The SMILES string of the molecule is C[C@H]1CCc2c(sc3nc([C@@H](C)OC(=O)c4ccccc4F)[nH]c(=O)c23)C1. The average Bonchev–Trinajstić information content (AvgIpc) is 2.99. The lowest BCUT2D eigenvalue weighted by Crippen LogP contribution is -2.18. The fraction of sp³-hybridized carbons (Fsp3) is 0.350. The van der Waals surface area contributed by atoms with E-state index < -0.39 is 17.9 Å². The lowest BCUT2D eigenvalue weighted by atomic mass is 9.89. The molecule has 140 valence electrons. The molecular weight excluding hydrogens is 367 g/mol. The number of esters is 1. The average molecular weight is 386 g/mol. The molecule has 1 aliphatic rings. The van der Waals surface area contributed by atoms with E-state index in [-0.39, 0.29) is 16.9 Å². The van der Waals surface area contributed by atoms with Crippen molar-refractivity contribution in [2.24, 2.45) is 5.92 Å². The lowest BCUT2D eigenvalue weighted by molar-refractivity contribution is 0.0315. The van der Waals surface area contributed by atoms with Crippen LogP contribution in [0, 0.1) is 11.7 Å². The second-order valence-electron chi connectivity index (χ2n) is 7.01. The number of halogens is 1. The molecule has 0 fully saturated rings. The third-order valence-corrected chi connectivity index (χ3v) is 6.09. The van der Waals surface area contributed by atoms with Crippen LogP contribution in [0.25, 0.3) is 10.2 Å². The number of aromatic nitrogens is 2. The van der Waals surface area contributed by atoms with Crippen LogP contribution in [-0.2, 0) is 17.6 Å². The molecule has 3 aromatic rings. The van der Waals surface area contributed by atoms with Gasteiger partial charge < -0.3 is 9.72 Å². The fourth-order valence-electron chi connectivity index (χ4n) is 3.46. The van der Waals surface area contributed by atoms with E-state index >= 15 is 0 Å². The highest BCUT2D eigenvalue weighted by Crippen LogP contribution is 2.36. The van der Waals surface area contributed by atoms with Crippen molar-refractivity contribution in [2.45, 2.75) is 39.2 Å². The molecule has 0 saturated carbocycles. The maximum Gasteiger partial charge on any atom is 0.341 e. The van der Waals surface area contributed by atoms with Gasteiger partial charge in [-0.25, -0.2) is 14.2 Å². The third-order valence-electron chi connectivity index (χ3n) is 4.95.